The monoisotopic (exact) mass is 441 g/mol. The van der Waals surface area contributed by atoms with Gasteiger partial charge in [-0.2, -0.15) is 13.2 Å². The van der Waals surface area contributed by atoms with E-state index in [9.17, 15) is 18.0 Å². The van der Waals surface area contributed by atoms with Crippen molar-refractivity contribution in [3.63, 3.8) is 0 Å². The number of benzene rings is 1. The Kier molecular flexibility index (Phi) is 4.84. The first kappa shape index (κ1) is 20.1. The number of imidazole rings is 1. The van der Waals surface area contributed by atoms with E-state index >= 15 is 0 Å². The van der Waals surface area contributed by atoms with Gasteiger partial charge < -0.3 is 19.2 Å². The number of carbonyl (C=O) groups excluding carboxylic acids is 1. The second-order valence-electron chi connectivity index (χ2n) is 7.52. The topological polar surface area (TPSA) is 76.2 Å². The van der Waals surface area contributed by atoms with Crippen molar-refractivity contribution in [3.05, 3.63) is 66.6 Å². The minimum Gasteiger partial charge on any atom is -0.461 e. The molecule has 0 spiro atoms. The molecule has 1 aliphatic heterocycles. The number of nitrogens with one attached hydrogen (secondary N) is 1. The molecule has 0 aliphatic carbocycles. The fourth-order valence-electron chi connectivity index (χ4n) is 3.94. The average molecular weight is 441 g/mol. The molecular formula is C22H18F3N5O2. The number of pyridine rings is 1. The van der Waals surface area contributed by atoms with Gasteiger partial charge in [0.05, 0.1) is 17.9 Å². The lowest BCUT2D eigenvalue weighted by Crippen LogP contribution is -2.33. The van der Waals surface area contributed by atoms with E-state index in [0.29, 0.717) is 42.4 Å². The molecule has 1 atom stereocenters. The van der Waals surface area contributed by atoms with Gasteiger partial charge in [-0.05, 0) is 55.0 Å². The van der Waals surface area contributed by atoms with Crippen LogP contribution < -0.4 is 5.32 Å². The largest absolute Gasteiger partial charge is 0.461 e. The summed E-state index contributed by atoms with van der Waals surface area (Å²) in [6, 6.07) is 11.2. The Morgan fingerprint density at radius 2 is 1.94 bits per heavy atom. The van der Waals surface area contributed by atoms with Crippen molar-refractivity contribution in [1.82, 2.24) is 19.4 Å². The summed E-state index contributed by atoms with van der Waals surface area (Å²) in [4.78, 5) is 23.5. The van der Waals surface area contributed by atoms with Gasteiger partial charge in [-0.15, -0.1) is 0 Å². The third-order valence-electron chi connectivity index (χ3n) is 5.47. The Morgan fingerprint density at radius 3 is 2.66 bits per heavy atom. The number of amides is 2. The molecular weight excluding hydrogens is 423 g/mol. The standard InChI is InChI=1S/C22H18F3N5O2/c23-22(24,25)14-5-7-15(8-6-14)27-21(31)29-11-9-16(13-29)30-19-17(3-1-10-26-19)28-20(30)18-4-2-12-32-18/h1-8,10,12,16H,9,11,13H2,(H,27,31)/t16-/m1/s1. The van der Waals surface area contributed by atoms with Crippen LogP contribution in [0.4, 0.5) is 23.7 Å². The number of halogens is 3. The summed E-state index contributed by atoms with van der Waals surface area (Å²) in [6.07, 6.45) is -0.477. The summed E-state index contributed by atoms with van der Waals surface area (Å²) in [5, 5.41) is 2.67. The highest BCUT2D eigenvalue weighted by Crippen LogP contribution is 2.33. The molecule has 0 unspecified atom stereocenters. The number of hydrogen-bond acceptors (Lipinski definition) is 4. The van der Waals surface area contributed by atoms with Crippen LogP contribution in [0.5, 0.6) is 0 Å². The van der Waals surface area contributed by atoms with Crippen LogP contribution in [0.1, 0.15) is 18.0 Å². The predicted octanol–water partition coefficient (Wildman–Crippen LogP) is 5.19. The Bertz CT molecular complexity index is 1250. The highest BCUT2D eigenvalue weighted by atomic mass is 19.4. The highest BCUT2D eigenvalue weighted by Gasteiger charge is 2.32. The van der Waals surface area contributed by atoms with Crippen LogP contribution in [0.25, 0.3) is 22.7 Å². The van der Waals surface area contributed by atoms with Gasteiger partial charge >= 0.3 is 12.2 Å². The number of hydrogen-bond donors (Lipinski definition) is 1. The lowest BCUT2D eigenvalue weighted by Gasteiger charge is -2.19. The number of urea groups is 1. The maximum absolute atomic E-state index is 12.7. The summed E-state index contributed by atoms with van der Waals surface area (Å²) < 4.78 is 45.7. The van der Waals surface area contributed by atoms with Crippen molar-refractivity contribution in [2.24, 2.45) is 0 Å². The van der Waals surface area contributed by atoms with Crippen LogP contribution >= 0.6 is 0 Å². The molecule has 3 aromatic heterocycles. The van der Waals surface area contributed by atoms with Crippen molar-refractivity contribution in [1.29, 1.82) is 0 Å². The molecule has 1 aromatic carbocycles. The van der Waals surface area contributed by atoms with E-state index in [-0.39, 0.29) is 12.1 Å². The Balaban J connectivity index is 1.35. The molecule has 0 saturated carbocycles. The second-order valence-corrected chi connectivity index (χ2v) is 7.52. The zero-order valence-corrected chi connectivity index (χ0v) is 16.7. The summed E-state index contributed by atoms with van der Waals surface area (Å²) in [7, 11) is 0. The number of aromatic nitrogens is 3. The third-order valence-corrected chi connectivity index (χ3v) is 5.47. The average Bonchev–Trinajstić information content (AvgIpc) is 3.51. The number of fused-ring (bicyclic) bond motifs is 1. The van der Waals surface area contributed by atoms with Crippen LogP contribution in [0, 0.1) is 0 Å². The maximum atomic E-state index is 12.7. The molecule has 5 rings (SSSR count). The van der Waals surface area contributed by atoms with Gasteiger partial charge in [0.25, 0.3) is 0 Å². The van der Waals surface area contributed by atoms with Crippen molar-refractivity contribution in [2.75, 3.05) is 18.4 Å². The van der Waals surface area contributed by atoms with E-state index in [1.165, 1.54) is 12.1 Å². The zero-order valence-electron chi connectivity index (χ0n) is 16.7. The number of rotatable bonds is 3. The Labute approximate surface area is 180 Å². The molecule has 1 aliphatic rings. The number of carbonyl (C=O) groups is 1. The van der Waals surface area contributed by atoms with Crippen LogP contribution in [-0.2, 0) is 6.18 Å². The summed E-state index contributed by atoms with van der Waals surface area (Å²) in [5.41, 5.74) is 0.972. The number of likely N-dealkylation sites (tertiary alicyclic amines) is 1. The predicted molar refractivity (Wildman–Crippen MR) is 111 cm³/mol. The molecule has 32 heavy (non-hydrogen) atoms. The molecule has 164 valence electrons. The third kappa shape index (κ3) is 3.68. The minimum atomic E-state index is -4.42. The van der Waals surface area contributed by atoms with Crippen LogP contribution in [-0.4, -0.2) is 38.6 Å². The van der Waals surface area contributed by atoms with E-state index in [2.05, 4.69) is 15.3 Å². The number of alkyl halides is 3. The first-order valence-corrected chi connectivity index (χ1v) is 10.00. The van der Waals surface area contributed by atoms with E-state index < -0.39 is 11.7 Å². The normalized spacial score (nSPS) is 16.6. The number of furan rings is 1. The molecule has 1 N–H and O–H groups in total. The van der Waals surface area contributed by atoms with Crippen LogP contribution in [0.3, 0.4) is 0 Å². The molecule has 7 nitrogen and oxygen atoms in total. The SMILES string of the molecule is O=C(Nc1ccc(C(F)(F)F)cc1)N1CC[C@@H](n2c(-c3ccco3)nc3cccnc32)C1. The molecule has 2 amide bonds. The minimum absolute atomic E-state index is 0.0756. The fraction of sp³-hybridized carbons (Fsp3) is 0.227. The lowest BCUT2D eigenvalue weighted by atomic mass is 10.2. The van der Waals surface area contributed by atoms with Crippen LogP contribution in [0.15, 0.2) is 65.4 Å². The Hall–Kier alpha value is -3.82. The van der Waals surface area contributed by atoms with Gasteiger partial charge in [-0.1, -0.05) is 0 Å². The molecule has 4 heterocycles. The van der Waals surface area contributed by atoms with Crippen molar-refractivity contribution in [3.8, 4) is 11.6 Å². The summed E-state index contributed by atoms with van der Waals surface area (Å²) >= 11 is 0. The molecule has 1 saturated heterocycles. The van der Waals surface area contributed by atoms with Crippen molar-refractivity contribution < 1.29 is 22.4 Å². The first-order chi connectivity index (χ1) is 15.4. The molecule has 1 fully saturated rings. The summed E-state index contributed by atoms with van der Waals surface area (Å²) in [5.74, 6) is 1.24. The molecule has 0 bridgehead atoms. The smallest absolute Gasteiger partial charge is 0.416 e. The molecule has 4 aromatic rings. The summed E-state index contributed by atoms with van der Waals surface area (Å²) in [6.45, 7) is 0.892. The zero-order chi connectivity index (χ0) is 22.3. The number of nitrogens with zero attached hydrogens (tertiary/aromatic N) is 4. The number of anilines is 1. The van der Waals surface area contributed by atoms with Gasteiger partial charge in [0, 0.05) is 25.0 Å². The van der Waals surface area contributed by atoms with E-state index in [1.807, 2.05) is 22.8 Å². The van der Waals surface area contributed by atoms with Gasteiger partial charge in [-0.3, -0.25) is 0 Å². The molecule has 0 radical (unpaired) electrons. The lowest BCUT2D eigenvalue weighted by molar-refractivity contribution is -0.137. The highest BCUT2D eigenvalue weighted by molar-refractivity contribution is 5.89. The van der Waals surface area contributed by atoms with Gasteiger partial charge in [0.2, 0.25) is 0 Å². The first-order valence-electron chi connectivity index (χ1n) is 10.00. The van der Waals surface area contributed by atoms with Crippen molar-refractivity contribution in [2.45, 2.75) is 18.6 Å². The van der Waals surface area contributed by atoms with E-state index in [0.717, 1.165) is 17.6 Å². The maximum Gasteiger partial charge on any atom is 0.416 e. The Morgan fingerprint density at radius 1 is 1.12 bits per heavy atom. The van der Waals surface area contributed by atoms with Gasteiger partial charge in [-0.25, -0.2) is 14.8 Å². The molecule has 10 heteroatoms. The van der Waals surface area contributed by atoms with Crippen LogP contribution in [0.2, 0.25) is 0 Å². The quantitative estimate of drug-likeness (QED) is 0.475. The van der Waals surface area contributed by atoms with E-state index in [4.69, 9.17) is 4.42 Å². The van der Waals surface area contributed by atoms with Gasteiger partial charge in [0.15, 0.2) is 17.2 Å². The van der Waals surface area contributed by atoms with Crippen molar-refractivity contribution >= 4 is 22.9 Å². The van der Waals surface area contributed by atoms with Gasteiger partial charge in [0.1, 0.15) is 5.52 Å². The fourth-order valence-corrected chi connectivity index (χ4v) is 3.94. The second kappa shape index (κ2) is 7.70. The van der Waals surface area contributed by atoms with E-state index in [1.54, 1.807) is 23.4 Å².